The van der Waals surface area contributed by atoms with E-state index in [-0.39, 0.29) is 10.8 Å². The van der Waals surface area contributed by atoms with E-state index in [9.17, 15) is 0 Å². The molecule has 62 heavy (non-hydrogen) atoms. The molecule has 2 aliphatic rings. The predicted octanol–water partition coefficient (Wildman–Crippen LogP) is 16.7. The van der Waals surface area contributed by atoms with Crippen LogP contribution in [0.3, 0.4) is 0 Å². The maximum Gasteiger partial charge on any atom is 0.136 e. The minimum absolute atomic E-state index is 0.00873. The fourth-order valence-corrected chi connectivity index (χ4v) is 10.5. The predicted molar refractivity (Wildman–Crippen MR) is 260 cm³/mol. The third-order valence-corrected chi connectivity index (χ3v) is 13.9. The van der Waals surface area contributed by atoms with Crippen LogP contribution in [0.25, 0.3) is 77.6 Å². The van der Waals surface area contributed by atoms with E-state index >= 15 is 0 Å². The van der Waals surface area contributed by atoms with Crippen molar-refractivity contribution in [2.75, 3.05) is 4.90 Å². The summed E-state index contributed by atoms with van der Waals surface area (Å²) in [5.41, 5.74) is 23.1. The average molecular weight is 796 g/mol. The number of hydrogen-bond acceptors (Lipinski definition) is 2. The first-order valence-electron chi connectivity index (χ1n) is 21.7. The van der Waals surface area contributed by atoms with Crippen LogP contribution in [0.1, 0.15) is 49.9 Å². The fourth-order valence-electron chi connectivity index (χ4n) is 10.5. The molecule has 0 atom stereocenters. The quantitative estimate of drug-likeness (QED) is 0.167. The molecule has 1 heterocycles. The van der Waals surface area contributed by atoms with Crippen molar-refractivity contribution >= 4 is 39.0 Å². The number of anilines is 3. The lowest BCUT2D eigenvalue weighted by molar-refractivity contribution is 0.660. The van der Waals surface area contributed by atoms with Crippen LogP contribution in [0.15, 0.2) is 205 Å². The van der Waals surface area contributed by atoms with Gasteiger partial charge in [-0.2, -0.15) is 0 Å². The van der Waals surface area contributed by atoms with Gasteiger partial charge in [0.25, 0.3) is 0 Å². The van der Waals surface area contributed by atoms with Crippen LogP contribution in [0.2, 0.25) is 0 Å². The molecule has 9 aromatic carbocycles. The smallest absolute Gasteiger partial charge is 0.136 e. The van der Waals surface area contributed by atoms with Crippen molar-refractivity contribution in [2.45, 2.75) is 38.5 Å². The first kappa shape index (κ1) is 36.4. The molecule has 0 fully saturated rings. The highest BCUT2D eigenvalue weighted by atomic mass is 16.3. The van der Waals surface area contributed by atoms with E-state index in [1.54, 1.807) is 0 Å². The SMILES string of the molecule is CC1(C)c2ccccc2-c2cc(-c3ccc(-c4ccc(N(c5ccc(-c6ccc7c(c6)oc6ccccc67)cc5)c5ccc6c(c5)C(C)(C)c5ccccc5-6)cc4)cc3)ccc21. The van der Waals surface area contributed by atoms with Crippen LogP contribution in [0, 0.1) is 0 Å². The average Bonchev–Trinajstić information content (AvgIpc) is 3.88. The molecule has 0 unspecified atom stereocenters. The van der Waals surface area contributed by atoms with Crippen molar-refractivity contribution in [1.82, 2.24) is 0 Å². The second kappa shape index (κ2) is 13.5. The zero-order valence-electron chi connectivity index (χ0n) is 35.4. The van der Waals surface area contributed by atoms with Gasteiger partial charge in [-0.05, 0) is 139 Å². The van der Waals surface area contributed by atoms with E-state index in [4.69, 9.17) is 4.42 Å². The molecule has 0 saturated carbocycles. The van der Waals surface area contributed by atoms with Gasteiger partial charge >= 0.3 is 0 Å². The van der Waals surface area contributed by atoms with E-state index in [0.717, 1.165) is 50.1 Å². The molecule has 2 heteroatoms. The van der Waals surface area contributed by atoms with Crippen LogP contribution in [-0.2, 0) is 10.8 Å². The maximum absolute atomic E-state index is 6.26. The molecule has 0 radical (unpaired) electrons. The van der Waals surface area contributed by atoms with E-state index in [2.05, 4.69) is 221 Å². The monoisotopic (exact) mass is 795 g/mol. The summed E-state index contributed by atoms with van der Waals surface area (Å²) in [6.45, 7) is 9.38. The van der Waals surface area contributed by atoms with Crippen molar-refractivity contribution < 1.29 is 4.42 Å². The summed E-state index contributed by atoms with van der Waals surface area (Å²) in [5, 5.41) is 2.29. The van der Waals surface area contributed by atoms with Gasteiger partial charge < -0.3 is 9.32 Å². The number of furan rings is 1. The molecule has 0 aliphatic heterocycles. The Balaban J connectivity index is 0.887. The number of hydrogen-bond donors (Lipinski definition) is 0. The third kappa shape index (κ3) is 5.56. The largest absolute Gasteiger partial charge is 0.456 e. The zero-order chi connectivity index (χ0) is 41.7. The Morgan fingerprint density at radius 2 is 0.742 bits per heavy atom. The maximum atomic E-state index is 6.26. The van der Waals surface area contributed by atoms with Crippen molar-refractivity contribution in [3.63, 3.8) is 0 Å². The molecule has 2 nitrogen and oxygen atoms in total. The van der Waals surface area contributed by atoms with Gasteiger partial charge in [-0.25, -0.2) is 0 Å². The van der Waals surface area contributed by atoms with Crippen molar-refractivity contribution in [3.05, 3.63) is 222 Å². The molecule has 0 N–H and O–H groups in total. The van der Waals surface area contributed by atoms with Gasteiger partial charge in [-0.15, -0.1) is 0 Å². The minimum atomic E-state index is -0.107. The number of para-hydroxylation sites is 1. The van der Waals surface area contributed by atoms with E-state index in [1.807, 2.05) is 12.1 Å². The Morgan fingerprint density at radius 3 is 1.40 bits per heavy atom. The van der Waals surface area contributed by atoms with Gasteiger partial charge in [0.2, 0.25) is 0 Å². The molecule has 0 amide bonds. The molecule has 296 valence electrons. The molecule has 2 aliphatic carbocycles. The summed E-state index contributed by atoms with van der Waals surface area (Å²) in [6, 6.07) is 73.6. The lowest BCUT2D eigenvalue weighted by Gasteiger charge is -2.28. The molecule has 12 rings (SSSR count). The summed E-state index contributed by atoms with van der Waals surface area (Å²) in [6.07, 6.45) is 0. The fraction of sp³-hybridized carbons (Fsp3) is 0.100. The van der Waals surface area contributed by atoms with Crippen LogP contribution in [0.5, 0.6) is 0 Å². The van der Waals surface area contributed by atoms with Gasteiger partial charge in [0, 0.05) is 38.7 Å². The second-order valence-electron chi connectivity index (χ2n) is 18.1. The van der Waals surface area contributed by atoms with Crippen LogP contribution >= 0.6 is 0 Å². The summed E-state index contributed by atoms with van der Waals surface area (Å²) < 4.78 is 6.26. The van der Waals surface area contributed by atoms with Crippen molar-refractivity contribution in [3.8, 4) is 55.6 Å². The highest BCUT2D eigenvalue weighted by molar-refractivity contribution is 6.06. The lowest BCUT2D eigenvalue weighted by Crippen LogP contribution is -2.16. The van der Waals surface area contributed by atoms with Gasteiger partial charge in [-0.1, -0.05) is 167 Å². The zero-order valence-corrected chi connectivity index (χ0v) is 35.4. The molecular weight excluding hydrogens is 751 g/mol. The van der Waals surface area contributed by atoms with Gasteiger partial charge in [0.05, 0.1) is 0 Å². The molecule has 0 saturated heterocycles. The molecule has 0 bridgehead atoms. The highest BCUT2D eigenvalue weighted by Crippen LogP contribution is 2.52. The minimum Gasteiger partial charge on any atom is -0.456 e. The molecule has 1 aromatic heterocycles. The Morgan fingerprint density at radius 1 is 0.306 bits per heavy atom. The topological polar surface area (TPSA) is 16.4 Å². The normalized spacial score (nSPS) is 14.1. The highest BCUT2D eigenvalue weighted by Gasteiger charge is 2.36. The molecule has 10 aromatic rings. The lowest BCUT2D eigenvalue weighted by atomic mass is 9.82. The Labute approximate surface area is 363 Å². The molecular formula is C60H45NO. The van der Waals surface area contributed by atoms with Crippen molar-refractivity contribution in [2.24, 2.45) is 0 Å². The number of nitrogens with zero attached hydrogens (tertiary/aromatic N) is 1. The van der Waals surface area contributed by atoms with Crippen LogP contribution in [-0.4, -0.2) is 0 Å². The number of fused-ring (bicyclic) bond motifs is 9. The van der Waals surface area contributed by atoms with E-state index < -0.39 is 0 Å². The van der Waals surface area contributed by atoms with Gasteiger partial charge in [0.1, 0.15) is 11.2 Å². The summed E-state index contributed by atoms with van der Waals surface area (Å²) in [7, 11) is 0. The van der Waals surface area contributed by atoms with Crippen LogP contribution in [0.4, 0.5) is 17.1 Å². The number of benzene rings is 9. The third-order valence-electron chi connectivity index (χ3n) is 13.9. The Bertz CT molecular complexity index is 3380. The van der Waals surface area contributed by atoms with Crippen LogP contribution < -0.4 is 4.90 Å². The first-order chi connectivity index (χ1) is 30.2. The van der Waals surface area contributed by atoms with Gasteiger partial charge in [-0.3, -0.25) is 0 Å². The standard InChI is InChI=1S/C60H45NO/c1-59(2)54-15-9-6-12-48(54)52-35-42(26-34-55(52)59)40-19-17-38(18-20-40)39-21-27-44(28-22-39)61(46-31-33-49-47-11-5-8-14-53(47)60(3,4)56(49)37-46)45-29-23-41(24-30-45)43-25-32-51-50-13-7-10-16-57(50)62-58(51)36-43/h5-37H,1-4H3. The first-order valence-corrected chi connectivity index (χ1v) is 21.7. The second-order valence-corrected chi connectivity index (χ2v) is 18.1. The Kier molecular flexibility index (Phi) is 7.96. The summed E-state index contributed by atoms with van der Waals surface area (Å²) >= 11 is 0. The van der Waals surface area contributed by atoms with E-state index in [0.29, 0.717) is 0 Å². The summed E-state index contributed by atoms with van der Waals surface area (Å²) in [5.74, 6) is 0. The number of rotatable bonds is 6. The van der Waals surface area contributed by atoms with E-state index in [1.165, 1.54) is 66.8 Å². The van der Waals surface area contributed by atoms with Crippen molar-refractivity contribution in [1.29, 1.82) is 0 Å². The van der Waals surface area contributed by atoms with Gasteiger partial charge in [0.15, 0.2) is 0 Å². The Hall–Kier alpha value is -7.42. The molecule has 0 spiro atoms. The summed E-state index contributed by atoms with van der Waals surface area (Å²) in [4.78, 5) is 2.39.